The molecule has 0 saturated carbocycles. The quantitative estimate of drug-likeness (QED) is 0.152. The van der Waals surface area contributed by atoms with E-state index >= 15 is 0 Å². The second-order valence-electron chi connectivity index (χ2n) is 18.1. The average molecular weight is 895 g/mol. The average Bonchev–Trinajstić information content (AvgIpc) is 4.11. The lowest BCUT2D eigenvalue weighted by molar-refractivity contribution is 0.669. The molecule has 70 heavy (non-hydrogen) atoms. The molecule has 0 amide bonds. The Kier molecular flexibility index (Phi) is 9.17. The summed E-state index contributed by atoms with van der Waals surface area (Å²) in [7, 11) is 0. The van der Waals surface area contributed by atoms with Crippen LogP contribution >= 0.6 is 0 Å². The smallest absolute Gasteiger partial charge is 0.143 e. The van der Waals surface area contributed by atoms with Crippen LogP contribution < -0.4 is 4.90 Å². The van der Waals surface area contributed by atoms with Gasteiger partial charge in [-0.15, -0.1) is 0 Å². The van der Waals surface area contributed by atoms with Gasteiger partial charge in [0.15, 0.2) is 0 Å². The van der Waals surface area contributed by atoms with Gasteiger partial charge in [-0.1, -0.05) is 164 Å². The first-order chi connectivity index (χ1) is 34.7. The van der Waals surface area contributed by atoms with Crippen LogP contribution in [0.3, 0.4) is 0 Å². The van der Waals surface area contributed by atoms with Gasteiger partial charge in [0.25, 0.3) is 0 Å². The van der Waals surface area contributed by atoms with Gasteiger partial charge >= 0.3 is 0 Å². The van der Waals surface area contributed by atoms with Gasteiger partial charge in [-0.05, 0) is 130 Å². The van der Waals surface area contributed by atoms with Crippen LogP contribution in [0.1, 0.15) is 0 Å². The Morgan fingerprint density at radius 3 is 1.47 bits per heavy atom. The number of rotatable bonds is 8. The summed E-state index contributed by atoms with van der Waals surface area (Å²) in [6.45, 7) is 0. The van der Waals surface area contributed by atoms with Crippen LogP contribution in [0.25, 0.3) is 116 Å². The van der Waals surface area contributed by atoms with Gasteiger partial charge in [-0.2, -0.15) is 0 Å². The molecule has 3 aromatic heterocycles. The minimum absolute atomic E-state index is 0.882. The Bertz CT molecular complexity index is 4260. The van der Waals surface area contributed by atoms with Crippen molar-refractivity contribution < 1.29 is 8.83 Å². The number of hydrogen-bond donors (Lipinski definition) is 0. The van der Waals surface area contributed by atoms with Gasteiger partial charge in [-0.3, -0.25) is 0 Å². The normalized spacial score (nSPS) is 11.7. The molecule has 328 valence electrons. The summed E-state index contributed by atoms with van der Waals surface area (Å²) in [5.74, 6) is 0. The lowest BCUT2D eigenvalue weighted by Crippen LogP contribution is -2.09. The van der Waals surface area contributed by atoms with Crippen LogP contribution in [0, 0.1) is 0 Å². The maximum atomic E-state index is 6.52. The summed E-state index contributed by atoms with van der Waals surface area (Å²) >= 11 is 0. The number of anilines is 3. The van der Waals surface area contributed by atoms with Crippen LogP contribution in [0.2, 0.25) is 0 Å². The van der Waals surface area contributed by atoms with E-state index in [2.05, 4.69) is 246 Å². The number of hydrogen-bond acceptors (Lipinski definition) is 3. The molecule has 0 spiro atoms. The third-order valence-electron chi connectivity index (χ3n) is 14.0. The molecular weight excluding hydrogens is 853 g/mol. The number of para-hydroxylation sites is 4. The number of nitrogens with zero attached hydrogens (tertiary/aromatic N) is 2. The van der Waals surface area contributed by atoms with Crippen molar-refractivity contribution in [3.05, 3.63) is 255 Å². The zero-order valence-corrected chi connectivity index (χ0v) is 38.0. The standard InChI is InChI=1S/C66H42N2O2/c1-3-12-46(13-4-1)54-18-11-19-59-60-40-47(30-39-64(60)70-66(54)59)43-22-31-51(32-23-43)67(53-35-26-45(27-36-53)49-29-38-58-57-17-8-10-21-63(57)69-65(58)42-49)52-33-24-44(25-34-52)48-28-37-56-55-16-7-9-20-61(55)68(62(56)41-48)50-14-5-2-6-15-50/h1-42H. The third-order valence-corrected chi connectivity index (χ3v) is 14.0. The van der Waals surface area contributed by atoms with Gasteiger partial charge in [0.1, 0.15) is 22.3 Å². The van der Waals surface area contributed by atoms with E-state index < -0.39 is 0 Å². The molecule has 0 radical (unpaired) electrons. The maximum absolute atomic E-state index is 6.52. The van der Waals surface area contributed by atoms with Gasteiger partial charge in [0.2, 0.25) is 0 Å². The Morgan fingerprint density at radius 2 is 0.771 bits per heavy atom. The molecule has 0 aliphatic rings. The molecule has 11 aromatic carbocycles. The predicted octanol–water partition coefficient (Wildman–Crippen LogP) is 18.7. The summed E-state index contributed by atoms with van der Waals surface area (Å²) in [6.07, 6.45) is 0. The number of furan rings is 2. The van der Waals surface area contributed by atoms with Gasteiger partial charge in [0, 0.05) is 60.6 Å². The van der Waals surface area contributed by atoms with E-state index in [9.17, 15) is 0 Å². The first kappa shape index (κ1) is 39.8. The van der Waals surface area contributed by atoms with Crippen molar-refractivity contribution in [2.24, 2.45) is 0 Å². The first-order valence-electron chi connectivity index (χ1n) is 23.8. The molecule has 4 nitrogen and oxygen atoms in total. The fourth-order valence-electron chi connectivity index (χ4n) is 10.6. The Hall–Kier alpha value is -9.38. The highest BCUT2D eigenvalue weighted by Crippen LogP contribution is 2.42. The van der Waals surface area contributed by atoms with Gasteiger partial charge < -0.3 is 18.3 Å². The molecule has 0 aliphatic carbocycles. The zero-order valence-electron chi connectivity index (χ0n) is 38.0. The number of fused-ring (bicyclic) bond motifs is 9. The minimum Gasteiger partial charge on any atom is -0.456 e. The molecule has 4 heteroatoms. The lowest BCUT2D eigenvalue weighted by Gasteiger charge is -2.26. The Labute approximate surface area is 404 Å². The Balaban J connectivity index is 0.838. The monoisotopic (exact) mass is 894 g/mol. The summed E-state index contributed by atoms with van der Waals surface area (Å²) in [5.41, 5.74) is 19.4. The molecule has 14 rings (SSSR count). The molecule has 0 unspecified atom stereocenters. The highest BCUT2D eigenvalue weighted by Gasteiger charge is 2.18. The predicted molar refractivity (Wildman–Crippen MR) is 292 cm³/mol. The van der Waals surface area contributed by atoms with Crippen molar-refractivity contribution in [2.75, 3.05) is 4.90 Å². The molecule has 0 N–H and O–H groups in total. The van der Waals surface area contributed by atoms with E-state index in [1.807, 2.05) is 18.2 Å². The fourth-order valence-corrected chi connectivity index (χ4v) is 10.6. The van der Waals surface area contributed by atoms with Crippen molar-refractivity contribution >= 4 is 82.7 Å². The number of benzene rings is 11. The van der Waals surface area contributed by atoms with E-state index in [4.69, 9.17) is 8.83 Å². The first-order valence-corrected chi connectivity index (χ1v) is 23.8. The molecule has 0 saturated heterocycles. The molecule has 0 fully saturated rings. The van der Waals surface area contributed by atoms with E-state index in [0.29, 0.717) is 0 Å². The van der Waals surface area contributed by atoms with E-state index in [-0.39, 0.29) is 0 Å². The molecule has 14 aromatic rings. The highest BCUT2D eigenvalue weighted by atomic mass is 16.3. The van der Waals surface area contributed by atoms with Crippen LogP contribution in [-0.4, -0.2) is 4.57 Å². The van der Waals surface area contributed by atoms with Gasteiger partial charge in [0.05, 0.1) is 11.0 Å². The largest absolute Gasteiger partial charge is 0.456 e. The Morgan fingerprint density at radius 1 is 0.271 bits per heavy atom. The van der Waals surface area contributed by atoms with Crippen molar-refractivity contribution in [1.29, 1.82) is 0 Å². The number of aromatic nitrogens is 1. The molecule has 0 aliphatic heterocycles. The molecular formula is C66H42N2O2. The van der Waals surface area contributed by atoms with Crippen molar-refractivity contribution in [1.82, 2.24) is 4.57 Å². The van der Waals surface area contributed by atoms with E-state index in [1.165, 1.54) is 27.4 Å². The van der Waals surface area contributed by atoms with Crippen molar-refractivity contribution in [3.8, 4) is 50.2 Å². The maximum Gasteiger partial charge on any atom is 0.143 e. The topological polar surface area (TPSA) is 34.5 Å². The molecule has 3 heterocycles. The third kappa shape index (κ3) is 6.61. The van der Waals surface area contributed by atoms with Crippen molar-refractivity contribution in [3.63, 3.8) is 0 Å². The minimum atomic E-state index is 0.882. The van der Waals surface area contributed by atoms with Gasteiger partial charge in [-0.25, -0.2) is 0 Å². The van der Waals surface area contributed by atoms with Crippen LogP contribution in [0.15, 0.2) is 264 Å². The second-order valence-corrected chi connectivity index (χ2v) is 18.1. The summed E-state index contributed by atoms with van der Waals surface area (Å²) < 4.78 is 15.2. The molecule has 0 atom stereocenters. The second kappa shape index (κ2) is 16.2. The SMILES string of the molecule is c1ccc(-c2cccc3c2oc2ccc(-c4ccc(N(c5ccc(-c6ccc7c(c6)oc6ccccc67)cc5)c5ccc(-c6ccc7c8ccccc8n(-c8ccccc8)c7c6)cc5)cc4)cc23)cc1. The zero-order chi connectivity index (χ0) is 46.1. The van der Waals surface area contributed by atoms with Crippen LogP contribution in [0.4, 0.5) is 17.1 Å². The summed E-state index contributed by atoms with van der Waals surface area (Å²) in [5, 5.41) is 6.98. The van der Waals surface area contributed by atoms with Crippen LogP contribution in [-0.2, 0) is 0 Å². The highest BCUT2D eigenvalue weighted by molar-refractivity contribution is 6.12. The summed E-state index contributed by atoms with van der Waals surface area (Å²) in [6, 6.07) is 91.1. The lowest BCUT2D eigenvalue weighted by atomic mass is 9.99. The summed E-state index contributed by atoms with van der Waals surface area (Å²) in [4.78, 5) is 2.34. The van der Waals surface area contributed by atoms with E-state index in [1.54, 1.807) is 0 Å². The van der Waals surface area contributed by atoms with Crippen molar-refractivity contribution in [2.45, 2.75) is 0 Å². The van der Waals surface area contributed by atoms with Crippen LogP contribution in [0.5, 0.6) is 0 Å². The van der Waals surface area contributed by atoms with E-state index in [0.717, 1.165) is 106 Å². The fraction of sp³-hybridized carbons (Fsp3) is 0. The molecule has 0 bridgehead atoms.